The largest absolute Gasteiger partial charge is 0.481 e. The van der Waals surface area contributed by atoms with Crippen LogP contribution in [-0.2, 0) is 9.53 Å². The van der Waals surface area contributed by atoms with Crippen molar-refractivity contribution in [1.82, 2.24) is 4.90 Å². The molecule has 0 bridgehead atoms. The van der Waals surface area contributed by atoms with E-state index in [1.54, 1.807) is 0 Å². The molecule has 1 rings (SSSR count). The number of likely N-dealkylation sites (N-methyl/N-ethyl adjacent to an activating group) is 1. The van der Waals surface area contributed by atoms with E-state index in [4.69, 9.17) is 9.84 Å². The third-order valence-electron chi connectivity index (χ3n) is 2.92. The number of rotatable bonds is 5. The Hall–Kier alpha value is -0.610. The van der Waals surface area contributed by atoms with E-state index in [2.05, 4.69) is 4.90 Å². The van der Waals surface area contributed by atoms with E-state index >= 15 is 0 Å². The maximum absolute atomic E-state index is 10.7. The minimum absolute atomic E-state index is 0.140. The topological polar surface area (TPSA) is 49.8 Å². The highest BCUT2D eigenvalue weighted by atomic mass is 16.5. The van der Waals surface area contributed by atoms with Gasteiger partial charge in [0.2, 0.25) is 0 Å². The van der Waals surface area contributed by atoms with Crippen LogP contribution in [0.3, 0.4) is 0 Å². The molecule has 1 saturated carbocycles. The van der Waals surface area contributed by atoms with Gasteiger partial charge in [0.1, 0.15) is 0 Å². The Kier molecular flexibility index (Phi) is 5.05. The van der Waals surface area contributed by atoms with Crippen molar-refractivity contribution in [3.8, 4) is 0 Å². The summed E-state index contributed by atoms with van der Waals surface area (Å²) in [6.07, 6.45) is 3.60. The van der Waals surface area contributed by atoms with Crippen LogP contribution in [0.25, 0.3) is 0 Å². The first-order valence-corrected chi connectivity index (χ1v) is 5.58. The number of hydrogen-bond donors (Lipinski definition) is 1. The monoisotopic (exact) mass is 215 g/mol. The minimum Gasteiger partial charge on any atom is -0.481 e. The first kappa shape index (κ1) is 12.5. The fourth-order valence-corrected chi connectivity index (χ4v) is 1.88. The molecule has 0 amide bonds. The Bertz CT molecular complexity index is 198. The van der Waals surface area contributed by atoms with Gasteiger partial charge >= 0.3 is 5.97 Å². The highest BCUT2D eigenvalue weighted by molar-refractivity contribution is 5.69. The summed E-state index contributed by atoms with van der Waals surface area (Å²) in [4.78, 5) is 12.8. The van der Waals surface area contributed by atoms with E-state index in [1.165, 1.54) is 0 Å². The van der Waals surface area contributed by atoms with E-state index < -0.39 is 5.97 Å². The molecule has 1 aliphatic carbocycles. The van der Waals surface area contributed by atoms with Crippen LogP contribution in [0.2, 0.25) is 0 Å². The number of carboxylic acid groups (broad SMARTS) is 1. The van der Waals surface area contributed by atoms with Crippen molar-refractivity contribution in [2.45, 2.75) is 31.8 Å². The van der Waals surface area contributed by atoms with Crippen molar-refractivity contribution >= 4 is 5.97 Å². The fraction of sp³-hybridized carbons (Fsp3) is 0.909. The maximum atomic E-state index is 10.7. The summed E-state index contributed by atoms with van der Waals surface area (Å²) in [5.74, 6) is -0.791. The van der Waals surface area contributed by atoms with Crippen LogP contribution < -0.4 is 0 Å². The number of nitrogens with zero attached hydrogens (tertiary/aromatic N) is 1. The van der Waals surface area contributed by atoms with Gasteiger partial charge in [-0.05, 0) is 39.8 Å². The number of carboxylic acids is 1. The normalized spacial score (nSPS) is 26.9. The summed E-state index contributed by atoms with van der Waals surface area (Å²) in [5.41, 5.74) is 0. The van der Waals surface area contributed by atoms with Crippen LogP contribution in [0, 0.1) is 5.92 Å². The smallest absolute Gasteiger partial charge is 0.306 e. The molecule has 0 atom stereocenters. The van der Waals surface area contributed by atoms with Crippen molar-refractivity contribution in [2.75, 3.05) is 27.2 Å². The van der Waals surface area contributed by atoms with Crippen LogP contribution in [0.1, 0.15) is 25.7 Å². The molecule has 0 heterocycles. The summed E-state index contributed by atoms with van der Waals surface area (Å²) < 4.78 is 5.69. The third kappa shape index (κ3) is 4.62. The van der Waals surface area contributed by atoms with Crippen molar-refractivity contribution in [2.24, 2.45) is 5.92 Å². The van der Waals surface area contributed by atoms with Crippen LogP contribution >= 0.6 is 0 Å². The van der Waals surface area contributed by atoms with E-state index in [0.29, 0.717) is 0 Å². The lowest BCUT2D eigenvalue weighted by Crippen LogP contribution is -2.28. The predicted molar refractivity (Wildman–Crippen MR) is 57.9 cm³/mol. The molecule has 15 heavy (non-hydrogen) atoms. The second-order valence-electron chi connectivity index (χ2n) is 4.49. The number of aliphatic carboxylic acids is 1. The molecule has 0 saturated heterocycles. The van der Waals surface area contributed by atoms with Crippen LogP contribution in [0.4, 0.5) is 0 Å². The van der Waals surface area contributed by atoms with E-state index in [9.17, 15) is 4.79 Å². The van der Waals surface area contributed by atoms with Gasteiger partial charge in [0.25, 0.3) is 0 Å². The highest BCUT2D eigenvalue weighted by Gasteiger charge is 2.25. The molecule has 0 aliphatic heterocycles. The molecule has 1 aliphatic rings. The Labute approximate surface area is 91.2 Å². The Balaban J connectivity index is 2.12. The first-order valence-electron chi connectivity index (χ1n) is 5.58. The van der Waals surface area contributed by atoms with Gasteiger partial charge in [-0.25, -0.2) is 0 Å². The van der Waals surface area contributed by atoms with Gasteiger partial charge in [-0.1, -0.05) is 0 Å². The third-order valence-corrected chi connectivity index (χ3v) is 2.92. The summed E-state index contributed by atoms with van der Waals surface area (Å²) in [6, 6.07) is 0. The summed E-state index contributed by atoms with van der Waals surface area (Å²) in [7, 11) is 4.04. The Morgan fingerprint density at radius 1 is 1.33 bits per heavy atom. The van der Waals surface area contributed by atoms with Gasteiger partial charge in [0, 0.05) is 6.54 Å². The standard InChI is InChI=1S/C11H21NO3/c1-12(2)7-8-15-10-5-3-9(4-6-10)11(13)14/h9-10H,3-8H2,1-2H3,(H,13,14). The van der Waals surface area contributed by atoms with E-state index in [-0.39, 0.29) is 12.0 Å². The van der Waals surface area contributed by atoms with Crippen molar-refractivity contribution < 1.29 is 14.6 Å². The first-order chi connectivity index (χ1) is 7.09. The van der Waals surface area contributed by atoms with Gasteiger partial charge in [-0.2, -0.15) is 0 Å². The predicted octanol–water partition coefficient (Wildman–Crippen LogP) is 1.21. The molecule has 0 aromatic rings. The van der Waals surface area contributed by atoms with Gasteiger partial charge in [-0.15, -0.1) is 0 Å². The molecule has 0 radical (unpaired) electrons. The van der Waals surface area contributed by atoms with Crippen LogP contribution in [0.5, 0.6) is 0 Å². The van der Waals surface area contributed by atoms with Crippen LogP contribution in [-0.4, -0.2) is 49.3 Å². The molecule has 0 spiro atoms. The van der Waals surface area contributed by atoms with Gasteiger partial charge in [0.15, 0.2) is 0 Å². The number of ether oxygens (including phenoxy) is 1. The van der Waals surface area contributed by atoms with Gasteiger partial charge in [-0.3, -0.25) is 4.79 Å². The summed E-state index contributed by atoms with van der Waals surface area (Å²) in [5, 5.41) is 8.83. The molecule has 0 unspecified atom stereocenters. The van der Waals surface area contributed by atoms with E-state index in [1.807, 2.05) is 14.1 Å². The zero-order valence-corrected chi connectivity index (χ0v) is 9.61. The quantitative estimate of drug-likeness (QED) is 0.749. The lowest BCUT2D eigenvalue weighted by atomic mass is 9.87. The maximum Gasteiger partial charge on any atom is 0.306 e. The zero-order chi connectivity index (χ0) is 11.3. The van der Waals surface area contributed by atoms with Crippen molar-refractivity contribution in [3.63, 3.8) is 0 Å². The molecular formula is C11H21NO3. The second-order valence-corrected chi connectivity index (χ2v) is 4.49. The molecule has 1 fully saturated rings. The molecule has 0 aromatic heterocycles. The molecule has 0 aromatic carbocycles. The zero-order valence-electron chi connectivity index (χ0n) is 9.61. The fourth-order valence-electron chi connectivity index (χ4n) is 1.88. The van der Waals surface area contributed by atoms with Gasteiger partial charge < -0.3 is 14.7 Å². The van der Waals surface area contributed by atoms with Crippen molar-refractivity contribution in [3.05, 3.63) is 0 Å². The molecule has 88 valence electrons. The average molecular weight is 215 g/mol. The Morgan fingerprint density at radius 3 is 2.40 bits per heavy atom. The summed E-state index contributed by atoms with van der Waals surface area (Å²) >= 11 is 0. The molecular weight excluding hydrogens is 194 g/mol. The molecule has 4 nitrogen and oxygen atoms in total. The molecule has 4 heteroatoms. The lowest BCUT2D eigenvalue weighted by Gasteiger charge is -2.26. The number of hydrogen-bond acceptors (Lipinski definition) is 3. The second kappa shape index (κ2) is 6.08. The number of carbonyl (C=O) groups is 1. The molecule has 1 N–H and O–H groups in total. The minimum atomic E-state index is -0.651. The highest BCUT2D eigenvalue weighted by Crippen LogP contribution is 2.26. The van der Waals surface area contributed by atoms with Crippen LogP contribution in [0.15, 0.2) is 0 Å². The SMILES string of the molecule is CN(C)CCOC1CCC(C(=O)O)CC1. The summed E-state index contributed by atoms with van der Waals surface area (Å²) in [6.45, 7) is 1.67. The lowest BCUT2D eigenvalue weighted by molar-refractivity contribution is -0.143. The van der Waals surface area contributed by atoms with Crippen molar-refractivity contribution in [1.29, 1.82) is 0 Å². The van der Waals surface area contributed by atoms with E-state index in [0.717, 1.165) is 38.8 Å². The van der Waals surface area contributed by atoms with Gasteiger partial charge in [0.05, 0.1) is 18.6 Å². The average Bonchev–Trinajstić information content (AvgIpc) is 2.18. The Morgan fingerprint density at radius 2 is 1.93 bits per heavy atom.